The SMILES string of the molecule is CC(C)CCCOc1cncc(C(=O)O)c1. The lowest BCUT2D eigenvalue weighted by molar-refractivity contribution is 0.0696. The number of carboxylic acids is 1. The molecular formula is C12H17NO3. The maximum Gasteiger partial charge on any atom is 0.337 e. The number of carboxylic acid groups (broad SMARTS) is 1. The van der Waals surface area contributed by atoms with Gasteiger partial charge in [0.1, 0.15) is 5.75 Å². The number of pyridine rings is 1. The fourth-order valence-corrected chi connectivity index (χ4v) is 1.30. The Morgan fingerprint density at radius 3 is 2.88 bits per heavy atom. The van der Waals surface area contributed by atoms with Crippen LogP contribution in [0.1, 0.15) is 37.0 Å². The lowest BCUT2D eigenvalue weighted by atomic mass is 10.1. The van der Waals surface area contributed by atoms with Gasteiger partial charge in [-0.2, -0.15) is 0 Å². The van der Waals surface area contributed by atoms with E-state index >= 15 is 0 Å². The molecule has 1 aromatic rings. The van der Waals surface area contributed by atoms with Crippen molar-refractivity contribution < 1.29 is 14.6 Å². The van der Waals surface area contributed by atoms with Gasteiger partial charge in [0.15, 0.2) is 0 Å². The van der Waals surface area contributed by atoms with Crippen LogP contribution in [0.25, 0.3) is 0 Å². The number of hydrogen-bond donors (Lipinski definition) is 1. The number of carbonyl (C=O) groups is 1. The van der Waals surface area contributed by atoms with Gasteiger partial charge in [-0.1, -0.05) is 13.8 Å². The molecule has 0 amide bonds. The quantitative estimate of drug-likeness (QED) is 0.753. The van der Waals surface area contributed by atoms with Crippen molar-refractivity contribution in [2.75, 3.05) is 6.61 Å². The molecule has 4 heteroatoms. The maximum absolute atomic E-state index is 10.7. The first-order valence-electron chi connectivity index (χ1n) is 5.40. The van der Waals surface area contributed by atoms with Crippen molar-refractivity contribution >= 4 is 5.97 Å². The van der Waals surface area contributed by atoms with Gasteiger partial charge in [0.05, 0.1) is 18.4 Å². The van der Waals surface area contributed by atoms with Gasteiger partial charge >= 0.3 is 5.97 Å². The first-order chi connectivity index (χ1) is 7.59. The summed E-state index contributed by atoms with van der Waals surface area (Å²) in [6, 6.07) is 1.49. The summed E-state index contributed by atoms with van der Waals surface area (Å²) < 4.78 is 5.42. The van der Waals surface area contributed by atoms with Crippen LogP contribution in [-0.4, -0.2) is 22.7 Å². The molecule has 0 aromatic carbocycles. The molecule has 16 heavy (non-hydrogen) atoms. The molecular weight excluding hydrogens is 206 g/mol. The molecule has 0 aliphatic heterocycles. The van der Waals surface area contributed by atoms with Crippen LogP contribution in [0.2, 0.25) is 0 Å². The highest BCUT2D eigenvalue weighted by atomic mass is 16.5. The molecule has 0 saturated heterocycles. The van der Waals surface area contributed by atoms with E-state index in [1.54, 1.807) is 0 Å². The van der Waals surface area contributed by atoms with Crippen molar-refractivity contribution in [2.45, 2.75) is 26.7 Å². The first-order valence-corrected chi connectivity index (χ1v) is 5.40. The van der Waals surface area contributed by atoms with Gasteiger partial charge in [0.2, 0.25) is 0 Å². The molecule has 0 fully saturated rings. The van der Waals surface area contributed by atoms with Crippen LogP contribution >= 0.6 is 0 Å². The average Bonchev–Trinajstić information content (AvgIpc) is 2.24. The van der Waals surface area contributed by atoms with E-state index in [1.807, 2.05) is 0 Å². The van der Waals surface area contributed by atoms with E-state index in [1.165, 1.54) is 18.5 Å². The molecule has 1 rings (SSSR count). The molecule has 0 aliphatic carbocycles. The number of aromatic nitrogens is 1. The van der Waals surface area contributed by atoms with E-state index in [9.17, 15) is 4.79 Å². The Labute approximate surface area is 95.3 Å². The largest absolute Gasteiger partial charge is 0.492 e. The monoisotopic (exact) mass is 223 g/mol. The fourth-order valence-electron chi connectivity index (χ4n) is 1.30. The molecule has 0 bridgehead atoms. The van der Waals surface area contributed by atoms with E-state index < -0.39 is 5.97 Å². The second-order valence-electron chi connectivity index (χ2n) is 4.10. The van der Waals surface area contributed by atoms with Crippen LogP contribution in [0.4, 0.5) is 0 Å². The van der Waals surface area contributed by atoms with E-state index in [2.05, 4.69) is 18.8 Å². The third kappa shape index (κ3) is 4.29. The van der Waals surface area contributed by atoms with Gasteiger partial charge in [-0.25, -0.2) is 4.79 Å². The summed E-state index contributed by atoms with van der Waals surface area (Å²) in [4.78, 5) is 14.5. The number of aromatic carboxylic acids is 1. The van der Waals surface area contributed by atoms with E-state index in [-0.39, 0.29) is 5.56 Å². The van der Waals surface area contributed by atoms with E-state index in [0.717, 1.165) is 12.8 Å². The molecule has 0 aliphatic rings. The van der Waals surface area contributed by atoms with E-state index in [0.29, 0.717) is 18.3 Å². The van der Waals surface area contributed by atoms with Crippen molar-refractivity contribution in [3.63, 3.8) is 0 Å². The smallest absolute Gasteiger partial charge is 0.337 e. The molecule has 1 heterocycles. The summed E-state index contributed by atoms with van der Waals surface area (Å²) in [5, 5.41) is 8.76. The van der Waals surface area contributed by atoms with Crippen molar-refractivity contribution in [3.8, 4) is 5.75 Å². The van der Waals surface area contributed by atoms with Crippen LogP contribution in [0.15, 0.2) is 18.5 Å². The molecule has 0 unspecified atom stereocenters. The molecule has 1 N–H and O–H groups in total. The molecule has 1 aromatic heterocycles. The maximum atomic E-state index is 10.7. The zero-order valence-electron chi connectivity index (χ0n) is 9.64. The number of nitrogens with zero attached hydrogens (tertiary/aromatic N) is 1. The summed E-state index contributed by atoms with van der Waals surface area (Å²) in [5.41, 5.74) is 0.154. The van der Waals surface area contributed by atoms with Gasteiger partial charge < -0.3 is 9.84 Å². The van der Waals surface area contributed by atoms with Crippen molar-refractivity contribution in [2.24, 2.45) is 5.92 Å². The van der Waals surface area contributed by atoms with Gasteiger partial charge in [-0.05, 0) is 24.8 Å². The zero-order chi connectivity index (χ0) is 12.0. The fraction of sp³-hybridized carbons (Fsp3) is 0.500. The highest BCUT2D eigenvalue weighted by Crippen LogP contribution is 2.12. The number of ether oxygens (including phenoxy) is 1. The number of hydrogen-bond acceptors (Lipinski definition) is 3. The second-order valence-corrected chi connectivity index (χ2v) is 4.10. The Balaban J connectivity index is 2.42. The minimum atomic E-state index is -0.986. The van der Waals surface area contributed by atoms with Crippen LogP contribution in [0.3, 0.4) is 0 Å². The molecule has 0 atom stereocenters. The average molecular weight is 223 g/mol. The highest BCUT2D eigenvalue weighted by Gasteiger charge is 2.04. The Kier molecular flexibility index (Phi) is 4.76. The Morgan fingerprint density at radius 2 is 2.25 bits per heavy atom. The van der Waals surface area contributed by atoms with Crippen molar-refractivity contribution in [1.82, 2.24) is 4.98 Å². The Morgan fingerprint density at radius 1 is 1.50 bits per heavy atom. The summed E-state index contributed by atoms with van der Waals surface area (Å²) in [6.45, 7) is 4.92. The molecule has 0 radical (unpaired) electrons. The summed E-state index contributed by atoms with van der Waals surface area (Å²) in [5.74, 6) is 0.191. The van der Waals surface area contributed by atoms with Crippen LogP contribution in [-0.2, 0) is 0 Å². The summed E-state index contributed by atoms with van der Waals surface area (Å²) >= 11 is 0. The number of rotatable bonds is 6. The molecule has 0 saturated carbocycles. The third-order valence-electron chi connectivity index (χ3n) is 2.15. The normalized spacial score (nSPS) is 10.4. The predicted molar refractivity (Wildman–Crippen MR) is 60.8 cm³/mol. The molecule has 88 valence electrons. The molecule has 0 spiro atoms. The minimum Gasteiger partial charge on any atom is -0.492 e. The van der Waals surface area contributed by atoms with Gasteiger partial charge in [0, 0.05) is 6.20 Å². The zero-order valence-corrected chi connectivity index (χ0v) is 9.64. The Bertz CT molecular complexity index is 350. The van der Waals surface area contributed by atoms with E-state index in [4.69, 9.17) is 9.84 Å². The van der Waals surface area contributed by atoms with Crippen LogP contribution < -0.4 is 4.74 Å². The third-order valence-corrected chi connectivity index (χ3v) is 2.15. The lowest BCUT2D eigenvalue weighted by Crippen LogP contribution is -2.02. The van der Waals surface area contributed by atoms with Crippen molar-refractivity contribution in [3.05, 3.63) is 24.0 Å². The lowest BCUT2D eigenvalue weighted by Gasteiger charge is -2.07. The van der Waals surface area contributed by atoms with Crippen molar-refractivity contribution in [1.29, 1.82) is 0 Å². The summed E-state index contributed by atoms with van der Waals surface area (Å²) in [7, 11) is 0. The van der Waals surface area contributed by atoms with Gasteiger partial charge in [-0.15, -0.1) is 0 Å². The minimum absolute atomic E-state index is 0.154. The standard InChI is InChI=1S/C12H17NO3/c1-9(2)4-3-5-16-11-6-10(12(14)15)7-13-8-11/h6-9H,3-5H2,1-2H3,(H,14,15). The molecule has 4 nitrogen and oxygen atoms in total. The van der Waals surface area contributed by atoms with Crippen LogP contribution in [0.5, 0.6) is 5.75 Å². The predicted octanol–water partition coefficient (Wildman–Crippen LogP) is 2.59. The topological polar surface area (TPSA) is 59.4 Å². The van der Waals surface area contributed by atoms with Crippen LogP contribution in [0, 0.1) is 5.92 Å². The van der Waals surface area contributed by atoms with Gasteiger partial charge in [0.25, 0.3) is 0 Å². The highest BCUT2D eigenvalue weighted by molar-refractivity contribution is 5.87. The first kappa shape index (κ1) is 12.5. The Hall–Kier alpha value is -1.58. The van der Waals surface area contributed by atoms with Gasteiger partial charge in [-0.3, -0.25) is 4.98 Å². The summed E-state index contributed by atoms with van der Waals surface area (Å²) in [6.07, 6.45) is 4.91. The second kappa shape index (κ2) is 6.10.